The topological polar surface area (TPSA) is 72.9 Å². The fraction of sp³-hybridized carbons (Fsp3) is 0.474. The molecule has 3 N–H and O–H groups in total. The lowest BCUT2D eigenvalue weighted by Gasteiger charge is -2.27. The van der Waals surface area contributed by atoms with Crippen molar-refractivity contribution >= 4 is 5.91 Å². The van der Waals surface area contributed by atoms with Gasteiger partial charge in [-0.2, -0.15) is 5.10 Å². The molecule has 5 heteroatoms. The monoisotopic (exact) mass is 328 g/mol. The molecule has 2 aromatic rings. The molecule has 130 valence electrons. The highest BCUT2D eigenvalue weighted by Crippen LogP contribution is 2.20. The Morgan fingerprint density at radius 3 is 2.25 bits per heavy atom. The predicted octanol–water partition coefficient (Wildman–Crippen LogP) is 3.04. The molecule has 2 rings (SSSR count). The van der Waals surface area contributed by atoms with Crippen molar-refractivity contribution < 1.29 is 4.79 Å². The first-order valence-corrected chi connectivity index (χ1v) is 8.29. The molecule has 1 aromatic carbocycles. The molecule has 0 spiro atoms. The second-order valence-electron chi connectivity index (χ2n) is 7.50. The van der Waals surface area contributed by atoms with Crippen LogP contribution in [0.4, 0.5) is 0 Å². The van der Waals surface area contributed by atoms with Crippen LogP contribution in [0.25, 0.3) is 5.69 Å². The summed E-state index contributed by atoms with van der Waals surface area (Å²) in [4.78, 5) is 12.3. The molecule has 0 saturated carbocycles. The molecule has 5 nitrogen and oxygen atoms in total. The van der Waals surface area contributed by atoms with Gasteiger partial charge in [-0.1, -0.05) is 32.9 Å². The number of nitrogens with two attached hydrogens (primary N) is 1. The van der Waals surface area contributed by atoms with Crippen LogP contribution < -0.4 is 11.1 Å². The molecule has 1 unspecified atom stereocenters. The number of rotatable bonds is 4. The minimum atomic E-state index is -0.533. The van der Waals surface area contributed by atoms with Gasteiger partial charge in [-0.25, -0.2) is 4.68 Å². The van der Waals surface area contributed by atoms with Gasteiger partial charge in [-0.3, -0.25) is 4.79 Å². The van der Waals surface area contributed by atoms with Crippen LogP contribution in [0.2, 0.25) is 0 Å². The first-order chi connectivity index (χ1) is 11.1. The molecule has 1 aromatic heterocycles. The summed E-state index contributed by atoms with van der Waals surface area (Å²) in [5, 5.41) is 7.47. The van der Waals surface area contributed by atoms with Gasteiger partial charge in [0.2, 0.25) is 5.91 Å². The van der Waals surface area contributed by atoms with Crippen molar-refractivity contribution in [1.29, 1.82) is 0 Å². The van der Waals surface area contributed by atoms with Crippen molar-refractivity contribution in [2.45, 2.75) is 53.6 Å². The second-order valence-corrected chi connectivity index (χ2v) is 7.50. The first-order valence-electron chi connectivity index (χ1n) is 8.29. The maximum absolute atomic E-state index is 12.3. The van der Waals surface area contributed by atoms with Crippen molar-refractivity contribution in [2.24, 2.45) is 11.1 Å². The normalized spacial score (nSPS) is 14.3. The Hall–Kier alpha value is -2.14. The van der Waals surface area contributed by atoms with Crippen LogP contribution in [-0.4, -0.2) is 21.7 Å². The van der Waals surface area contributed by atoms with E-state index in [9.17, 15) is 4.79 Å². The zero-order chi connectivity index (χ0) is 18.1. The summed E-state index contributed by atoms with van der Waals surface area (Å²) < 4.78 is 1.91. The van der Waals surface area contributed by atoms with Crippen LogP contribution in [0.1, 0.15) is 50.7 Å². The summed E-state index contributed by atoms with van der Waals surface area (Å²) in [6.45, 7) is 11.9. The number of aromatic nitrogens is 2. The van der Waals surface area contributed by atoms with Gasteiger partial charge >= 0.3 is 0 Å². The maximum Gasteiger partial charge on any atom is 0.237 e. The lowest BCUT2D eigenvalue weighted by Crippen LogP contribution is -2.49. The highest BCUT2D eigenvalue weighted by Gasteiger charge is 2.28. The van der Waals surface area contributed by atoms with E-state index in [-0.39, 0.29) is 17.4 Å². The van der Waals surface area contributed by atoms with Crippen molar-refractivity contribution in [3.63, 3.8) is 0 Å². The summed E-state index contributed by atoms with van der Waals surface area (Å²) >= 11 is 0. The van der Waals surface area contributed by atoms with E-state index in [0.717, 1.165) is 22.6 Å². The zero-order valence-electron chi connectivity index (χ0n) is 15.4. The number of carbonyl (C=O) groups is 1. The highest BCUT2D eigenvalue weighted by molar-refractivity contribution is 5.82. The molecule has 1 heterocycles. The SMILES string of the molecule is Cc1cc(C)n(-c2ccc(C(C)NC(=O)[C@@H](N)C(C)(C)C)cc2)n1. The summed E-state index contributed by atoms with van der Waals surface area (Å²) in [5.74, 6) is -0.127. The van der Waals surface area contributed by atoms with Gasteiger partial charge in [-0.15, -0.1) is 0 Å². The lowest BCUT2D eigenvalue weighted by molar-refractivity contribution is -0.125. The van der Waals surface area contributed by atoms with Crippen LogP contribution in [0.15, 0.2) is 30.3 Å². The Kier molecular flexibility index (Phi) is 5.13. The number of benzene rings is 1. The van der Waals surface area contributed by atoms with Gasteiger partial charge in [0.15, 0.2) is 0 Å². The van der Waals surface area contributed by atoms with E-state index in [1.54, 1.807) is 0 Å². The Morgan fingerprint density at radius 1 is 1.21 bits per heavy atom. The van der Waals surface area contributed by atoms with Crippen molar-refractivity contribution in [3.8, 4) is 5.69 Å². The minimum absolute atomic E-state index is 0.0968. The van der Waals surface area contributed by atoms with Crippen LogP contribution in [-0.2, 0) is 4.79 Å². The van der Waals surface area contributed by atoms with E-state index in [0.29, 0.717) is 0 Å². The molecule has 0 aliphatic heterocycles. The Labute approximate surface area is 144 Å². The number of nitrogens with one attached hydrogen (secondary N) is 1. The lowest BCUT2D eigenvalue weighted by atomic mass is 9.86. The van der Waals surface area contributed by atoms with Gasteiger partial charge in [0.05, 0.1) is 23.5 Å². The van der Waals surface area contributed by atoms with Gasteiger partial charge in [0, 0.05) is 5.69 Å². The van der Waals surface area contributed by atoms with Gasteiger partial charge in [-0.05, 0) is 49.9 Å². The molecule has 0 bridgehead atoms. The number of hydrogen-bond donors (Lipinski definition) is 2. The summed E-state index contributed by atoms with van der Waals surface area (Å²) in [7, 11) is 0. The Bertz CT molecular complexity index is 710. The molecule has 0 aliphatic carbocycles. The number of aryl methyl sites for hydroxylation is 2. The van der Waals surface area contributed by atoms with Crippen molar-refractivity contribution in [2.75, 3.05) is 0 Å². The second kappa shape index (κ2) is 6.77. The Balaban J connectivity index is 2.10. The molecule has 2 atom stereocenters. The van der Waals surface area contributed by atoms with E-state index in [1.165, 1.54) is 0 Å². The summed E-state index contributed by atoms with van der Waals surface area (Å²) in [6.07, 6.45) is 0. The van der Waals surface area contributed by atoms with Gasteiger partial charge < -0.3 is 11.1 Å². The molecule has 0 aliphatic rings. The third-order valence-corrected chi connectivity index (χ3v) is 4.22. The summed E-state index contributed by atoms with van der Waals surface area (Å²) in [5.41, 5.74) is 9.89. The maximum atomic E-state index is 12.3. The van der Waals surface area contributed by atoms with Crippen LogP contribution >= 0.6 is 0 Å². The first kappa shape index (κ1) is 18.2. The molecular weight excluding hydrogens is 300 g/mol. The van der Waals surface area contributed by atoms with E-state index < -0.39 is 6.04 Å². The zero-order valence-corrected chi connectivity index (χ0v) is 15.4. The van der Waals surface area contributed by atoms with Gasteiger partial charge in [0.1, 0.15) is 0 Å². The fourth-order valence-electron chi connectivity index (χ4n) is 2.57. The smallest absolute Gasteiger partial charge is 0.237 e. The fourth-order valence-corrected chi connectivity index (χ4v) is 2.57. The molecule has 0 radical (unpaired) electrons. The molecule has 0 saturated heterocycles. The van der Waals surface area contributed by atoms with E-state index in [2.05, 4.69) is 10.4 Å². The molecule has 24 heavy (non-hydrogen) atoms. The summed E-state index contributed by atoms with van der Waals surface area (Å²) in [6, 6.07) is 9.47. The standard InChI is InChI=1S/C19H28N4O/c1-12-11-13(2)23(22-12)16-9-7-15(8-10-16)14(3)21-18(24)17(20)19(4,5)6/h7-11,14,17H,20H2,1-6H3,(H,21,24)/t14?,17-/m1/s1. The minimum Gasteiger partial charge on any atom is -0.348 e. The molecule has 0 fully saturated rings. The average molecular weight is 328 g/mol. The van der Waals surface area contributed by atoms with E-state index in [4.69, 9.17) is 5.73 Å². The molecule has 1 amide bonds. The number of hydrogen-bond acceptors (Lipinski definition) is 3. The molecular formula is C19H28N4O. The van der Waals surface area contributed by atoms with Crippen LogP contribution in [0.5, 0.6) is 0 Å². The largest absolute Gasteiger partial charge is 0.348 e. The Morgan fingerprint density at radius 2 is 1.79 bits per heavy atom. The van der Waals surface area contributed by atoms with E-state index >= 15 is 0 Å². The van der Waals surface area contributed by atoms with Crippen LogP contribution in [0, 0.1) is 19.3 Å². The van der Waals surface area contributed by atoms with Gasteiger partial charge in [0.25, 0.3) is 0 Å². The third-order valence-electron chi connectivity index (χ3n) is 4.22. The third kappa shape index (κ3) is 4.03. The van der Waals surface area contributed by atoms with Crippen molar-refractivity contribution in [3.05, 3.63) is 47.3 Å². The number of nitrogens with zero attached hydrogens (tertiary/aromatic N) is 2. The highest BCUT2D eigenvalue weighted by atomic mass is 16.2. The van der Waals surface area contributed by atoms with Crippen molar-refractivity contribution in [1.82, 2.24) is 15.1 Å². The number of amides is 1. The average Bonchev–Trinajstić information content (AvgIpc) is 2.84. The number of carbonyl (C=O) groups excluding carboxylic acids is 1. The van der Waals surface area contributed by atoms with E-state index in [1.807, 2.05) is 76.6 Å². The predicted molar refractivity (Wildman–Crippen MR) is 97.0 cm³/mol. The quantitative estimate of drug-likeness (QED) is 0.906. The van der Waals surface area contributed by atoms with Crippen LogP contribution in [0.3, 0.4) is 0 Å².